The van der Waals surface area contributed by atoms with Crippen LogP contribution in [-0.2, 0) is 0 Å². The molecule has 0 radical (unpaired) electrons. The molecule has 0 saturated heterocycles. The lowest BCUT2D eigenvalue weighted by molar-refractivity contribution is 0.772. The van der Waals surface area contributed by atoms with E-state index in [9.17, 15) is 0 Å². The largest absolute Gasteiger partial charge is 0.228 e. The summed E-state index contributed by atoms with van der Waals surface area (Å²) >= 11 is 0. The van der Waals surface area contributed by atoms with E-state index in [0.29, 0.717) is 5.92 Å². The molecule has 0 fully saturated rings. The normalized spacial score (nSPS) is 14.8. The van der Waals surface area contributed by atoms with Crippen LogP contribution in [0.1, 0.15) is 41.5 Å². The van der Waals surface area contributed by atoms with Crippen molar-refractivity contribution in [3.8, 4) is 33.9 Å². The first-order valence-corrected chi connectivity index (χ1v) is 12.3. The van der Waals surface area contributed by atoms with E-state index < -0.39 is 0 Å². The van der Waals surface area contributed by atoms with Crippen LogP contribution in [0.15, 0.2) is 91.0 Å². The smallest absolute Gasteiger partial charge is 0.160 e. The fourth-order valence-corrected chi connectivity index (χ4v) is 4.95. The summed E-state index contributed by atoms with van der Waals surface area (Å²) in [5, 5.41) is 2.45. The van der Waals surface area contributed by atoms with Gasteiger partial charge in [-0.15, -0.1) is 0 Å². The summed E-state index contributed by atoms with van der Waals surface area (Å²) in [4.78, 5) is 10.1. The second-order valence-electron chi connectivity index (χ2n) is 9.71. The average Bonchev–Trinajstić information content (AvgIpc) is 2.89. The van der Waals surface area contributed by atoms with Gasteiger partial charge in [-0.3, -0.25) is 0 Å². The van der Waals surface area contributed by atoms with E-state index in [0.717, 1.165) is 40.3 Å². The summed E-state index contributed by atoms with van der Waals surface area (Å²) in [6, 6.07) is 30.4. The molecule has 0 amide bonds. The molecule has 2 nitrogen and oxygen atoms in total. The molecule has 1 aromatic heterocycles. The van der Waals surface area contributed by atoms with Gasteiger partial charge in [0.1, 0.15) is 0 Å². The molecule has 1 heterocycles. The monoisotopic (exact) mass is 452 g/mol. The number of allylic oxidation sites excluding steroid dienone is 1. The molecular weight excluding hydrogens is 424 g/mol. The van der Waals surface area contributed by atoms with Crippen LogP contribution < -0.4 is 0 Å². The van der Waals surface area contributed by atoms with Gasteiger partial charge in [-0.05, 0) is 83.5 Å². The van der Waals surface area contributed by atoms with Crippen LogP contribution in [0.25, 0.3) is 50.8 Å². The van der Waals surface area contributed by atoms with Crippen molar-refractivity contribution >= 4 is 16.8 Å². The molecule has 5 aromatic rings. The number of nitrogens with zero attached hydrogens (tertiary/aromatic N) is 2. The van der Waals surface area contributed by atoms with Crippen LogP contribution >= 0.6 is 0 Å². The Balaban J connectivity index is 1.54. The Kier molecular flexibility index (Phi) is 5.30. The fraction of sp³-hybridized carbons (Fsp3) is 0.152. The van der Waals surface area contributed by atoms with E-state index in [1.807, 2.05) is 0 Å². The molecule has 1 atom stereocenters. The molecule has 0 saturated carbocycles. The number of rotatable bonds is 3. The summed E-state index contributed by atoms with van der Waals surface area (Å²) in [5.41, 5.74) is 10.4. The summed E-state index contributed by atoms with van der Waals surface area (Å²) in [7, 11) is 0. The van der Waals surface area contributed by atoms with Gasteiger partial charge in [-0.1, -0.05) is 79.7 Å². The second-order valence-corrected chi connectivity index (χ2v) is 9.71. The van der Waals surface area contributed by atoms with Crippen LogP contribution in [0.5, 0.6) is 0 Å². The molecule has 0 bridgehead atoms. The van der Waals surface area contributed by atoms with Crippen molar-refractivity contribution in [2.24, 2.45) is 0 Å². The topological polar surface area (TPSA) is 25.8 Å². The second kappa shape index (κ2) is 8.63. The van der Waals surface area contributed by atoms with Crippen LogP contribution in [0.3, 0.4) is 0 Å². The minimum Gasteiger partial charge on any atom is -0.228 e. The van der Waals surface area contributed by atoms with Crippen molar-refractivity contribution in [3.63, 3.8) is 0 Å². The Morgan fingerprint density at radius 2 is 1.37 bits per heavy atom. The highest BCUT2D eigenvalue weighted by atomic mass is 14.9. The van der Waals surface area contributed by atoms with Crippen LogP contribution in [-0.4, -0.2) is 9.97 Å². The maximum atomic E-state index is 5.07. The van der Waals surface area contributed by atoms with Gasteiger partial charge in [-0.25, -0.2) is 9.97 Å². The Hall–Kier alpha value is -4.04. The number of hydrogen-bond acceptors (Lipinski definition) is 2. The van der Waals surface area contributed by atoms with Crippen LogP contribution in [0, 0.1) is 13.8 Å². The van der Waals surface area contributed by atoms with Gasteiger partial charge in [0.2, 0.25) is 0 Å². The first-order chi connectivity index (χ1) is 17.0. The maximum absolute atomic E-state index is 5.07. The molecule has 0 N–H and O–H groups in total. The van der Waals surface area contributed by atoms with Crippen molar-refractivity contribution in [2.45, 2.75) is 33.1 Å². The zero-order valence-electron chi connectivity index (χ0n) is 20.4. The average molecular weight is 453 g/mol. The number of hydrogen-bond donors (Lipinski definition) is 0. The van der Waals surface area contributed by atoms with Crippen molar-refractivity contribution in [1.29, 1.82) is 0 Å². The lowest BCUT2D eigenvalue weighted by atomic mass is 9.87. The first-order valence-electron chi connectivity index (χ1n) is 12.3. The molecule has 0 spiro atoms. The van der Waals surface area contributed by atoms with Crippen molar-refractivity contribution in [1.82, 2.24) is 9.97 Å². The van der Waals surface area contributed by atoms with E-state index >= 15 is 0 Å². The molecule has 4 aromatic carbocycles. The Bertz CT molecular complexity index is 1610. The van der Waals surface area contributed by atoms with Crippen molar-refractivity contribution in [2.75, 3.05) is 0 Å². The third-order valence-electron chi connectivity index (χ3n) is 7.24. The standard InChI is InChI=1S/C33H28N2/c1-21-11-12-29(17-23(21)3)33-34-31(27-14-13-24-8-4-5-9-25(24)18-27)20-32(35-33)28-15-16-30-22(2)7-6-10-26(30)19-28/h4-6,8-20,22H,7H2,1-3H3. The van der Waals surface area contributed by atoms with Gasteiger partial charge < -0.3 is 0 Å². The fourth-order valence-electron chi connectivity index (χ4n) is 4.95. The number of aryl methyl sites for hydroxylation is 2. The predicted molar refractivity (Wildman–Crippen MR) is 147 cm³/mol. The van der Waals surface area contributed by atoms with Crippen molar-refractivity contribution < 1.29 is 0 Å². The third kappa shape index (κ3) is 4.06. The summed E-state index contributed by atoms with van der Waals surface area (Å²) < 4.78 is 0. The highest BCUT2D eigenvalue weighted by Crippen LogP contribution is 2.34. The van der Waals surface area contributed by atoms with Crippen molar-refractivity contribution in [3.05, 3.63) is 113 Å². The molecule has 1 unspecified atom stereocenters. The molecule has 6 rings (SSSR count). The minimum atomic E-state index is 0.550. The quantitative estimate of drug-likeness (QED) is 0.273. The summed E-state index contributed by atoms with van der Waals surface area (Å²) in [6.45, 7) is 6.57. The molecule has 1 aliphatic carbocycles. The lowest BCUT2D eigenvalue weighted by Crippen LogP contribution is -2.01. The Morgan fingerprint density at radius 3 is 2.17 bits per heavy atom. The molecular formula is C33H28N2. The van der Waals surface area contributed by atoms with Gasteiger partial charge in [0.05, 0.1) is 11.4 Å². The van der Waals surface area contributed by atoms with Crippen LogP contribution in [0.4, 0.5) is 0 Å². The van der Waals surface area contributed by atoms with E-state index in [2.05, 4.69) is 118 Å². The highest BCUT2D eigenvalue weighted by molar-refractivity contribution is 5.87. The number of fused-ring (bicyclic) bond motifs is 2. The molecule has 1 aliphatic rings. The lowest BCUT2D eigenvalue weighted by Gasteiger charge is -2.18. The minimum absolute atomic E-state index is 0.550. The number of aromatic nitrogens is 2. The van der Waals surface area contributed by atoms with Gasteiger partial charge in [0.15, 0.2) is 5.82 Å². The maximum Gasteiger partial charge on any atom is 0.160 e. The highest BCUT2D eigenvalue weighted by Gasteiger charge is 2.16. The van der Waals surface area contributed by atoms with E-state index in [1.54, 1.807) is 0 Å². The summed E-state index contributed by atoms with van der Waals surface area (Å²) in [6.07, 6.45) is 5.62. The zero-order chi connectivity index (χ0) is 23.9. The van der Waals surface area contributed by atoms with Gasteiger partial charge in [-0.2, -0.15) is 0 Å². The van der Waals surface area contributed by atoms with Gasteiger partial charge in [0.25, 0.3) is 0 Å². The number of benzene rings is 4. The molecule has 2 heteroatoms. The predicted octanol–water partition coefficient (Wildman–Crippen LogP) is 8.77. The van der Waals surface area contributed by atoms with E-state index in [1.165, 1.54) is 33.0 Å². The van der Waals surface area contributed by atoms with Crippen LogP contribution in [0.2, 0.25) is 0 Å². The summed E-state index contributed by atoms with van der Waals surface area (Å²) in [5.74, 6) is 1.31. The van der Waals surface area contributed by atoms with E-state index in [4.69, 9.17) is 9.97 Å². The third-order valence-corrected chi connectivity index (χ3v) is 7.24. The molecule has 170 valence electrons. The van der Waals surface area contributed by atoms with Gasteiger partial charge >= 0.3 is 0 Å². The van der Waals surface area contributed by atoms with Gasteiger partial charge in [0, 0.05) is 16.7 Å². The zero-order valence-corrected chi connectivity index (χ0v) is 20.4. The molecule has 0 aliphatic heterocycles. The Morgan fingerprint density at radius 1 is 0.657 bits per heavy atom. The Labute approximate surface area is 207 Å². The first kappa shape index (κ1) is 21.5. The van der Waals surface area contributed by atoms with E-state index in [-0.39, 0.29) is 0 Å². The SMILES string of the molecule is Cc1ccc(-c2nc(-c3ccc4c(c3)C=CCC4C)cc(-c3ccc4ccccc4c3)n2)cc1C. The molecule has 35 heavy (non-hydrogen) atoms.